The van der Waals surface area contributed by atoms with E-state index in [-0.39, 0.29) is 5.91 Å². The van der Waals surface area contributed by atoms with Crippen LogP contribution >= 0.6 is 0 Å². The van der Waals surface area contributed by atoms with E-state index in [0.29, 0.717) is 25.6 Å². The first-order chi connectivity index (χ1) is 9.88. The lowest BCUT2D eigenvalue weighted by atomic mass is 9.93. The highest BCUT2D eigenvalue weighted by Crippen LogP contribution is 2.34. The van der Waals surface area contributed by atoms with Crippen LogP contribution in [0.3, 0.4) is 0 Å². The summed E-state index contributed by atoms with van der Waals surface area (Å²) in [5.41, 5.74) is 0.592. The molecule has 4 heteroatoms. The fourth-order valence-corrected chi connectivity index (χ4v) is 2.34. The summed E-state index contributed by atoms with van der Waals surface area (Å²) in [6.45, 7) is 9.41. The molecule has 1 amide bonds. The molecule has 0 radical (unpaired) electrons. The largest absolute Gasteiger partial charge is 0.486 e. The highest BCUT2D eigenvalue weighted by atomic mass is 16.6. The van der Waals surface area contributed by atoms with Crippen molar-refractivity contribution in [1.82, 2.24) is 5.32 Å². The Balaban J connectivity index is 2.06. The summed E-state index contributed by atoms with van der Waals surface area (Å²) in [4.78, 5) is 12.1. The number of fused-ring (bicyclic) bond motifs is 1. The Morgan fingerprint density at radius 1 is 1.24 bits per heavy atom. The molecule has 0 aliphatic carbocycles. The SMILES string of the molecule is CC(C)CCC(=O)NC(C)(C)c1ccc2c(c1)OCCO2. The smallest absolute Gasteiger partial charge is 0.220 e. The minimum absolute atomic E-state index is 0.0867. The molecule has 0 spiro atoms. The van der Waals surface area contributed by atoms with Crippen LogP contribution in [-0.4, -0.2) is 19.1 Å². The molecule has 116 valence electrons. The highest BCUT2D eigenvalue weighted by Gasteiger charge is 2.25. The molecule has 1 aliphatic heterocycles. The van der Waals surface area contributed by atoms with Gasteiger partial charge in [0.15, 0.2) is 11.5 Å². The number of hydrogen-bond acceptors (Lipinski definition) is 3. The Morgan fingerprint density at radius 3 is 2.57 bits per heavy atom. The lowest BCUT2D eigenvalue weighted by molar-refractivity contribution is -0.123. The summed E-state index contributed by atoms with van der Waals surface area (Å²) in [6, 6.07) is 5.85. The first kappa shape index (κ1) is 15.7. The number of nitrogens with one attached hydrogen (secondary N) is 1. The number of rotatable bonds is 5. The van der Waals surface area contributed by atoms with Gasteiger partial charge in [0.1, 0.15) is 13.2 Å². The maximum atomic E-state index is 12.1. The normalized spacial score (nSPS) is 14.1. The highest BCUT2D eigenvalue weighted by molar-refractivity contribution is 5.77. The van der Waals surface area contributed by atoms with Crippen molar-refractivity contribution in [3.05, 3.63) is 23.8 Å². The van der Waals surface area contributed by atoms with Crippen LogP contribution in [0.15, 0.2) is 18.2 Å². The summed E-state index contributed by atoms with van der Waals surface area (Å²) < 4.78 is 11.1. The van der Waals surface area contributed by atoms with Gasteiger partial charge in [-0.3, -0.25) is 4.79 Å². The molecule has 1 N–H and O–H groups in total. The van der Waals surface area contributed by atoms with Gasteiger partial charge in [-0.05, 0) is 43.9 Å². The molecule has 21 heavy (non-hydrogen) atoms. The Morgan fingerprint density at radius 2 is 1.90 bits per heavy atom. The van der Waals surface area contributed by atoms with Gasteiger partial charge in [0, 0.05) is 6.42 Å². The van der Waals surface area contributed by atoms with E-state index in [0.717, 1.165) is 23.5 Å². The predicted molar refractivity (Wildman–Crippen MR) is 82.7 cm³/mol. The van der Waals surface area contributed by atoms with E-state index in [1.54, 1.807) is 0 Å². The monoisotopic (exact) mass is 291 g/mol. The topological polar surface area (TPSA) is 47.6 Å². The molecule has 0 aromatic heterocycles. The molecule has 0 atom stereocenters. The molecule has 0 bridgehead atoms. The lowest BCUT2D eigenvalue weighted by Gasteiger charge is -2.29. The minimum atomic E-state index is -0.427. The quantitative estimate of drug-likeness (QED) is 0.906. The second kappa shape index (κ2) is 6.37. The van der Waals surface area contributed by atoms with E-state index in [1.165, 1.54) is 0 Å². The van der Waals surface area contributed by atoms with Gasteiger partial charge in [-0.2, -0.15) is 0 Å². The van der Waals surface area contributed by atoms with Crippen molar-refractivity contribution in [1.29, 1.82) is 0 Å². The summed E-state index contributed by atoms with van der Waals surface area (Å²) in [7, 11) is 0. The molecule has 1 aromatic carbocycles. The van der Waals surface area contributed by atoms with Crippen LogP contribution in [0.4, 0.5) is 0 Å². The Labute approximate surface area is 126 Å². The standard InChI is InChI=1S/C17H25NO3/c1-12(2)5-8-16(19)18-17(3,4)13-6-7-14-15(11-13)21-10-9-20-14/h6-7,11-12H,5,8-10H2,1-4H3,(H,18,19). The zero-order valence-corrected chi connectivity index (χ0v) is 13.4. The summed E-state index contributed by atoms with van der Waals surface area (Å²) in [6.07, 6.45) is 1.47. The van der Waals surface area contributed by atoms with Crippen molar-refractivity contribution in [2.45, 2.75) is 46.1 Å². The number of benzene rings is 1. The third-order valence-electron chi connectivity index (χ3n) is 3.66. The van der Waals surface area contributed by atoms with Crippen molar-refractivity contribution in [2.75, 3.05) is 13.2 Å². The predicted octanol–water partition coefficient (Wildman–Crippen LogP) is 3.25. The Kier molecular flexibility index (Phi) is 4.76. The first-order valence-electron chi connectivity index (χ1n) is 7.59. The molecular formula is C17H25NO3. The second-order valence-electron chi connectivity index (χ2n) is 6.46. The second-order valence-corrected chi connectivity index (χ2v) is 6.46. The van der Waals surface area contributed by atoms with Gasteiger partial charge in [-0.25, -0.2) is 0 Å². The van der Waals surface area contributed by atoms with Crippen molar-refractivity contribution >= 4 is 5.91 Å². The third kappa shape index (κ3) is 4.13. The first-order valence-corrected chi connectivity index (χ1v) is 7.59. The maximum Gasteiger partial charge on any atom is 0.220 e. The van der Waals surface area contributed by atoms with Crippen molar-refractivity contribution in [3.8, 4) is 11.5 Å². The molecule has 0 saturated carbocycles. The number of carbonyl (C=O) groups excluding carboxylic acids is 1. The van der Waals surface area contributed by atoms with Crippen LogP contribution in [0.2, 0.25) is 0 Å². The van der Waals surface area contributed by atoms with Crippen molar-refractivity contribution in [2.24, 2.45) is 5.92 Å². The molecule has 4 nitrogen and oxygen atoms in total. The molecular weight excluding hydrogens is 266 g/mol. The summed E-state index contributed by atoms with van der Waals surface area (Å²) in [5.74, 6) is 2.15. The van der Waals surface area contributed by atoms with Crippen molar-refractivity contribution in [3.63, 3.8) is 0 Å². The minimum Gasteiger partial charge on any atom is -0.486 e. The zero-order valence-electron chi connectivity index (χ0n) is 13.4. The molecule has 1 aliphatic rings. The molecule has 2 rings (SSSR count). The van der Waals surface area contributed by atoms with Crippen LogP contribution in [0, 0.1) is 5.92 Å². The average molecular weight is 291 g/mol. The van der Waals surface area contributed by atoms with E-state index < -0.39 is 5.54 Å². The Bertz CT molecular complexity index is 509. The van der Waals surface area contributed by atoms with Crippen LogP contribution in [-0.2, 0) is 10.3 Å². The van der Waals surface area contributed by atoms with Crippen molar-refractivity contribution < 1.29 is 14.3 Å². The molecule has 1 heterocycles. The van der Waals surface area contributed by atoms with Crippen LogP contribution in [0.5, 0.6) is 11.5 Å². The fraction of sp³-hybridized carbons (Fsp3) is 0.588. The van der Waals surface area contributed by atoms with Gasteiger partial charge in [-0.1, -0.05) is 19.9 Å². The fourth-order valence-electron chi connectivity index (χ4n) is 2.34. The van der Waals surface area contributed by atoms with Gasteiger partial charge < -0.3 is 14.8 Å². The van der Waals surface area contributed by atoms with E-state index >= 15 is 0 Å². The van der Waals surface area contributed by atoms with Crippen LogP contribution in [0.25, 0.3) is 0 Å². The van der Waals surface area contributed by atoms with E-state index in [9.17, 15) is 4.79 Å². The molecule has 0 fully saturated rings. The molecule has 0 unspecified atom stereocenters. The van der Waals surface area contributed by atoms with Gasteiger partial charge in [0.2, 0.25) is 5.91 Å². The van der Waals surface area contributed by atoms with E-state index in [1.807, 2.05) is 32.0 Å². The third-order valence-corrected chi connectivity index (χ3v) is 3.66. The van der Waals surface area contributed by atoms with E-state index in [2.05, 4.69) is 19.2 Å². The summed E-state index contributed by atoms with van der Waals surface area (Å²) >= 11 is 0. The number of amides is 1. The van der Waals surface area contributed by atoms with Crippen LogP contribution < -0.4 is 14.8 Å². The van der Waals surface area contributed by atoms with Gasteiger partial charge in [-0.15, -0.1) is 0 Å². The Hall–Kier alpha value is -1.71. The van der Waals surface area contributed by atoms with Gasteiger partial charge >= 0.3 is 0 Å². The summed E-state index contributed by atoms with van der Waals surface area (Å²) in [5, 5.41) is 3.10. The number of carbonyl (C=O) groups is 1. The zero-order chi connectivity index (χ0) is 15.5. The molecule has 0 saturated heterocycles. The van der Waals surface area contributed by atoms with E-state index in [4.69, 9.17) is 9.47 Å². The lowest BCUT2D eigenvalue weighted by Crippen LogP contribution is -2.41. The van der Waals surface area contributed by atoms with Crippen LogP contribution in [0.1, 0.15) is 46.1 Å². The molecule has 1 aromatic rings. The van der Waals surface area contributed by atoms with Gasteiger partial charge in [0.05, 0.1) is 5.54 Å². The average Bonchev–Trinajstić information content (AvgIpc) is 2.44. The number of hydrogen-bond donors (Lipinski definition) is 1. The van der Waals surface area contributed by atoms with Gasteiger partial charge in [0.25, 0.3) is 0 Å². The number of ether oxygens (including phenoxy) is 2. The maximum absolute atomic E-state index is 12.1.